The molecule has 0 bridgehead atoms. The van der Waals surface area contributed by atoms with Crippen molar-refractivity contribution in [1.82, 2.24) is 5.32 Å². The molecular weight excluding hydrogens is 282 g/mol. The summed E-state index contributed by atoms with van der Waals surface area (Å²) < 4.78 is 10.3. The van der Waals surface area contributed by atoms with Gasteiger partial charge in [0.15, 0.2) is 5.60 Å². The van der Waals surface area contributed by atoms with Gasteiger partial charge < -0.3 is 14.8 Å². The smallest absolute Gasteiger partial charge is 0.325 e. The Bertz CT molecular complexity index is 471. The first kappa shape index (κ1) is 16.3. The lowest BCUT2D eigenvalue weighted by Gasteiger charge is -2.25. The van der Waals surface area contributed by atoms with E-state index in [0.29, 0.717) is 10.8 Å². The van der Waals surface area contributed by atoms with Gasteiger partial charge in [0.25, 0.3) is 5.91 Å². The second-order valence-electron chi connectivity index (χ2n) is 4.55. The number of amides is 1. The largest absolute Gasteiger partial charge is 0.478 e. The molecule has 1 amide bonds. The van der Waals surface area contributed by atoms with Crippen molar-refractivity contribution in [3.05, 3.63) is 29.3 Å². The molecule has 0 aliphatic carbocycles. The van der Waals surface area contributed by atoms with Gasteiger partial charge in [0.1, 0.15) is 12.3 Å². The lowest BCUT2D eigenvalue weighted by molar-refractivity contribution is -0.145. The number of rotatable bonds is 6. The predicted octanol–water partition coefficient (Wildman–Crippen LogP) is 2.18. The van der Waals surface area contributed by atoms with Gasteiger partial charge in [0.05, 0.1) is 6.61 Å². The second-order valence-corrected chi connectivity index (χ2v) is 4.99. The van der Waals surface area contributed by atoms with Crippen molar-refractivity contribution in [3.63, 3.8) is 0 Å². The van der Waals surface area contributed by atoms with Gasteiger partial charge in [0.2, 0.25) is 0 Å². The van der Waals surface area contributed by atoms with Crippen LogP contribution in [0.3, 0.4) is 0 Å². The topological polar surface area (TPSA) is 64.6 Å². The Morgan fingerprint density at radius 3 is 2.40 bits per heavy atom. The molecule has 6 heteroatoms. The minimum absolute atomic E-state index is 0.180. The zero-order valence-electron chi connectivity index (χ0n) is 11.7. The number of nitrogens with one attached hydrogen (secondary N) is 1. The number of hydrogen-bond acceptors (Lipinski definition) is 4. The average molecular weight is 300 g/mol. The second kappa shape index (κ2) is 7.14. The summed E-state index contributed by atoms with van der Waals surface area (Å²) in [7, 11) is 0. The Hall–Kier alpha value is -1.75. The van der Waals surface area contributed by atoms with Crippen molar-refractivity contribution in [2.75, 3.05) is 13.2 Å². The van der Waals surface area contributed by atoms with Crippen LogP contribution in [0.15, 0.2) is 24.3 Å². The maximum atomic E-state index is 12.0. The summed E-state index contributed by atoms with van der Waals surface area (Å²) in [6.07, 6.45) is 0. The number of benzene rings is 1. The standard InChI is InChI=1S/C14H18ClNO4/c1-4-19-12(17)9-16-13(18)14(2,3)20-11-7-5-10(15)6-8-11/h5-8H,4,9H2,1-3H3,(H,16,18). The van der Waals surface area contributed by atoms with E-state index < -0.39 is 17.5 Å². The molecule has 0 unspecified atom stereocenters. The Morgan fingerprint density at radius 1 is 1.25 bits per heavy atom. The molecule has 20 heavy (non-hydrogen) atoms. The monoisotopic (exact) mass is 299 g/mol. The fraction of sp³-hybridized carbons (Fsp3) is 0.429. The summed E-state index contributed by atoms with van der Waals surface area (Å²) in [6, 6.07) is 6.68. The van der Waals surface area contributed by atoms with E-state index in [9.17, 15) is 9.59 Å². The van der Waals surface area contributed by atoms with Gasteiger partial charge in [-0.15, -0.1) is 0 Å². The molecule has 1 aromatic rings. The number of esters is 1. The first-order valence-corrected chi connectivity index (χ1v) is 6.61. The quantitative estimate of drug-likeness (QED) is 0.818. The van der Waals surface area contributed by atoms with Crippen LogP contribution in [0.4, 0.5) is 0 Å². The summed E-state index contributed by atoms with van der Waals surface area (Å²) >= 11 is 5.77. The molecule has 0 aliphatic heterocycles. The van der Waals surface area contributed by atoms with E-state index >= 15 is 0 Å². The Balaban J connectivity index is 2.56. The number of ether oxygens (including phenoxy) is 2. The molecule has 0 saturated heterocycles. The van der Waals surface area contributed by atoms with Crippen molar-refractivity contribution in [3.8, 4) is 5.75 Å². The van der Waals surface area contributed by atoms with E-state index in [4.69, 9.17) is 21.1 Å². The normalized spacial score (nSPS) is 10.8. The van der Waals surface area contributed by atoms with Gasteiger partial charge in [-0.3, -0.25) is 9.59 Å². The molecule has 1 N–H and O–H groups in total. The molecule has 1 rings (SSSR count). The fourth-order valence-electron chi connectivity index (χ4n) is 1.42. The molecule has 0 heterocycles. The third-order valence-corrected chi connectivity index (χ3v) is 2.68. The summed E-state index contributed by atoms with van der Waals surface area (Å²) in [6.45, 7) is 5.02. The fourth-order valence-corrected chi connectivity index (χ4v) is 1.55. The lowest BCUT2D eigenvalue weighted by Crippen LogP contribution is -2.48. The third kappa shape index (κ3) is 5.09. The highest BCUT2D eigenvalue weighted by atomic mass is 35.5. The summed E-state index contributed by atoms with van der Waals surface area (Å²) in [5.41, 5.74) is -1.11. The maximum absolute atomic E-state index is 12.0. The van der Waals surface area contributed by atoms with E-state index in [1.807, 2.05) is 0 Å². The van der Waals surface area contributed by atoms with Crippen molar-refractivity contribution in [2.45, 2.75) is 26.4 Å². The summed E-state index contributed by atoms with van der Waals surface area (Å²) in [5.74, 6) is -0.366. The van der Waals surface area contributed by atoms with E-state index in [2.05, 4.69) is 5.32 Å². The van der Waals surface area contributed by atoms with Crippen molar-refractivity contribution < 1.29 is 19.1 Å². The van der Waals surface area contributed by atoms with Crippen molar-refractivity contribution in [1.29, 1.82) is 0 Å². The molecule has 0 saturated carbocycles. The maximum Gasteiger partial charge on any atom is 0.325 e. The number of halogens is 1. The Labute approximate surface area is 123 Å². The molecule has 1 aromatic carbocycles. The zero-order valence-corrected chi connectivity index (χ0v) is 12.5. The molecule has 5 nitrogen and oxygen atoms in total. The van der Waals surface area contributed by atoms with Crippen LogP contribution in [0.1, 0.15) is 20.8 Å². The van der Waals surface area contributed by atoms with E-state index in [0.717, 1.165) is 0 Å². The van der Waals surface area contributed by atoms with Gasteiger partial charge in [0, 0.05) is 5.02 Å². The molecule has 0 fully saturated rings. The highest BCUT2D eigenvalue weighted by Gasteiger charge is 2.30. The summed E-state index contributed by atoms with van der Waals surface area (Å²) in [5, 5.41) is 3.06. The molecule has 0 aliphatic rings. The van der Waals surface area contributed by atoms with Gasteiger partial charge in [-0.1, -0.05) is 11.6 Å². The van der Waals surface area contributed by atoms with Crippen LogP contribution in [0.5, 0.6) is 5.75 Å². The highest BCUT2D eigenvalue weighted by Crippen LogP contribution is 2.20. The molecule has 0 aromatic heterocycles. The van der Waals surface area contributed by atoms with Crippen LogP contribution in [0, 0.1) is 0 Å². The van der Waals surface area contributed by atoms with Crippen LogP contribution in [-0.2, 0) is 14.3 Å². The van der Waals surface area contributed by atoms with Crippen LogP contribution in [0.25, 0.3) is 0 Å². The number of hydrogen-bond donors (Lipinski definition) is 1. The SMILES string of the molecule is CCOC(=O)CNC(=O)C(C)(C)Oc1ccc(Cl)cc1. The van der Waals surface area contributed by atoms with Crippen LogP contribution in [-0.4, -0.2) is 30.6 Å². The van der Waals surface area contributed by atoms with Gasteiger partial charge in [-0.25, -0.2) is 0 Å². The Morgan fingerprint density at radius 2 is 1.85 bits per heavy atom. The zero-order chi connectivity index (χ0) is 15.2. The van der Waals surface area contributed by atoms with Crippen molar-refractivity contribution >= 4 is 23.5 Å². The van der Waals surface area contributed by atoms with Gasteiger partial charge in [-0.05, 0) is 45.0 Å². The molecular formula is C14H18ClNO4. The molecule has 0 radical (unpaired) electrons. The van der Waals surface area contributed by atoms with Crippen LogP contribution >= 0.6 is 11.6 Å². The molecule has 110 valence electrons. The van der Waals surface area contributed by atoms with Crippen LogP contribution in [0.2, 0.25) is 5.02 Å². The van der Waals surface area contributed by atoms with E-state index in [1.54, 1.807) is 45.0 Å². The number of carbonyl (C=O) groups excluding carboxylic acids is 2. The lowest BCUT2D eigenvalue weighted by atomic mass is 10.1. The van der Waals surface area contributed by atoms with E-state index in [-0.39, 0.29) is 13.2 Å². The first-order chi connectivity index (χ1) is 9.35. The Kier molecular flexibility index (Phi) is 5.82. The summed E-state index contributed by atoms with van der Waals surface area (Å²) in [4.78, 5) is 23.2. The minimum atomic E-state index is -1.11. The van der Waals surface area contributed by atoms with Gasteiger partial charge >= 0.3 is 5.97 Å². The van der Waals surface area contributed by atoms with E-state index in [1.165, 1.54) is 0 Å². The van der Waals surface area contributed by atoms with Gasteiger partial charge in [-0.2, -0.15) is 0 Å². The molecule has 0 spiro atoms. The number of carbonyl (C=O) groups is 2. The van der Waals surface area contributed by atoms with Crippen molar-refractivity contribution in [2.24, 2.45) is 0 Å². The highest BCUT2D eigenvalue weighted by molar-refractivity contribution is 6.30. The van der Waals surface area contributed by atoms with Crippen LogP contribution < -0.4 is 10.1 Å². The third-order valence-electron chi connectivity index (χ3n) is 2.43. The minimum Gasteiger partial charge on any atom is -0.478 e. The molecule has 0 atom stereocenters. The average Bonchev–Trinajstić information content (AvgIpc) is 2.38. The first-order valence-electron chi connectivity index (χ1n) is 6.23. The predicted molar refractivity (Wildman–Crippen MR) is 75.8 cm³/mol.